The summed E-state index contributed by atoms with van der Waals surface area (Å²) in [5.74, 6) is 0.330. The molecule has 0 aliphatic heterocycles. The highest BCUT2D eigenvalue weighted by Gasteiger charge is 2.13. The number of nitrogens with zero attached hydrogens (tertiary/aromatic N) is 3. The molecule has 0 saturated heterocycles. The standard InChI is InChI=1S/C11H12FN3OS/c1-2-15-11(13-8-14-15)7-17(16)10-6-4-3-5-9(10)12/h3-6,8H,2,7H2,1H3. The van der Waals surface area contributed by atoms with Crippen molar-refractivity contribution in [3.05, 3.63) is 42.2 Å². The fraction of sp³-hybridized carbons (Fsp3) is 0.273. The van der Waals surface area contributed by atoms with Gasteiger partial charge in [-0.05, 0) is 19.1 Å². The number of aryl methyl sites for hydroxylation is 1. The quantitative estimate of drug-likeness (QED) is 0.834. The van der Waals surface area contributed by atoms with Crippen molar-refractivity contribution in [2.75, 3.05) is 0 Å². The van der Waals surface area contributed by atoms with E-state index in [1.165, 1.54) is 18.5 Å². The van der Waals surface area contributed by atoms with Gasteiger partial charge in [0.05, 0.1) is 21.4 Å². The summed E-state index contributed by atoms with van der Waals surface area (Å²) < 4.78 is 27.1. The third kappa shape index (κ3) is 2.58. The molecule has 1 heterocycles. The Morgan fingerprint density at radius 3 is 2.88 bits per heavy atom. The van der Waals surface area contributed by atoms with Crippen LogP contribution in [0.15, 0.2) is 35.5 Å². The van der Waals surface area contributed by atoms with E-state index in [2.05, 4.69) is 10.1 Å². The lowest BCUT2D eigenvalue weighted by molar-refractivity contribution is 0.593. The van der Waals surface area contributed by atoms with E-state index in [9.17, 15) is 8.60 Å². The largest absolute Gasteiger partial charge is 0.254 e. The lowest BCUT2D eigenvalue weighted by Gasteiger charge is -2.04. The first-order valence-electron chi connectivity index (χ1n) is 5.22. The molecular formula is C11H12FN3OS. The number of rotatable bonds is 4. The number of aromatic nitrogens is 3. The van der Waals surface area contributed by atoms with Crippen LogP contribution in [0.3, 0.4) is 0 Å². The predicted molar refractivity (Wildman–Crippen MR) is 62.2 cm³/mol. The Balaban J connectivity index is 2.20. The predicted octanol–water partition coefficient (Wildman–Crippen LogP) is 1.74. The molecule has 4 nitrogen and oxygen atoms in total. The van der Waals surface area contributed by atoms with Crippen LogP contribution in [-0.2, 0) is 23.1 Å². The van der Waals surface area contributed by atoms with Crippen LogP contribution in [0.1, 0.15) is 12.7 Å². The summed E-state index contributed by atoms with van der Waals surface area (Å²) in [6.07, 6.45) is 1.41. The highest BCUT2D eigenvalue weighted by Crippen LogP contribution is 2.14. The summed E-state index contributed by atoms with van der Waals surface area (Å²) in [5, 5.41) is 3.98. The minimum Gasteiger partial charge on any atom is -0.254 e. The minimum absolute atomic E-state index is 0.175. The van der Waals surface area contributed by atoms with E-state index < -0.39 is 16.6 Å². The second kappa shape index (κ2) is 5.18. The van der Waals surface area contributed by atoms with Crippen molar-refractivity contribution in [1.29, 1.82) is 0 Å². The molecule has 0 bridgehead atoms. The lowest BCUT2D eigenvalue weighted by atomic mass is 10.3. The summed E-state index contributed by atoms with van der Waals surface area (Å²) in [6, 6.07) is 6.07. The van der Waals surface area contributed by atoms with Crippen LogP contribution >= 0.6 is 0 Å². The maximum absolute atomic E-state index is 13.4. The van der Waals surface area contributed by atoms with Crippen molar-refractivity contribution in [2.24, 2.45) is 0 Å². The monoisotopic (exact) mass is 253 g/mol. The number of hydrogen-bond donors (Lipinski definition) is 0. The van der Waals surface area contributed by atoms with Crippen molar-refractivity contribution >= 4 is 10.8 Å². The Labute approximate surface area is 101 Å². The molecule has 1 aromatic heterocycles. The summed E-state index contributed by atoms with van der Waals surface area (Å²) in [7, 11) is -1.43. The summed E-state index contributed by atoms with van der Waals surface area (Å²) >= 11 is 0. The topological polar surface area (TPSA) is 47.8 Å². The molecular weight excluding hydrogens is 241 g/mol. The Morgan fingerprint density at radius 2 is 2.18 bits per heavy atom. The maximum atomic E-state index is 13.4. The molecule has 2 aromatic rings. The van der Waals surface area contributed by atoms with Crippen LogP contribution in [0.5, 0.6) is 0 Å². The number of benzene rings is 1. The van der Waals surface area contributed by atoms with Crippen molar-refractivity contribution in [1.82, 2.24) is 14.8 Å². The van der Waals surface area contributed by atoms with Crippen LogP contribution in [0.2, 0.25) is 0 Å². The van der Waals surface area contributed by atoms with E-state index in [4.69, 9.17) is 0 Å². The average molecular weight is 253 g/mol. The molecule has 1 aromatic carbocycles. The molecule has 0 spiro atoms. The normalized spacial score (nSPS) is 12.6. The molecule has 2 rings (SSSR count). The van der Waals surface area contributed by atoms with Crippen molar-refractivity contribution < 1.29 is 8.60 Å². The van der Waals surface area contributed by atoms with E-state index in [0.29, 0.717) is 12.4 Å². The van der Waals surface area contributed by atoms with E-state index in [-0.39, 0.29) is 10.6 Å². The van der Waals surface area contributed by atoms with Gasteiger partial charge >= 0.3 is 0 Å². The van der Waals surface area contributed by atoms with Crippen LogP contribution in [0, 0.1) is 5.82 Å². The molecule has 0 aliphatic carbocycles. The van der Waals surface area contributed by atoms with Crippen LogP contribution in [-0.4, -0.2) is 19.0 Å². The Kier molecular flexibility index (Phi) is 3.63. The van der Waals surface area contributed by atoms with Crippen molar-refractivity contribution in [3.63, 3.8) is 0 Å². The van der Waals surface area contributed by atoms with Crippen molar-refractivity contribution in [3.8, 4) is 0 Å². The summed E-state index contributed by atoms with van der Waals surface area (Å²) in [5.41, 5.74) is 0. The molecule has 0 saturated carbocycles. The van der Waals surface area contributed by atoms with Gasteiger partial charge in [0.15, 0.2) is 0 Å². The van der Waals surface area contributed by atoms with Gasteiger partial charge < -0.3 is 0 Å². The molecule has 1 atom stereocenters. The third-order valence-electron chi connectivity index (χ3n) is 2.34. The zero-order valence-corrected chi connectivity index (χ0v) is 10.2. The fourth-order valence-electron chi connectivity index (χ4n) is 1.49. The maximum Gasteiger partial charge on any atom is 0.139 e. The SMILES string of the molecule is CCn1ncnc1CS(=O)c1ccccc1F. The first-order chi connectivity index (χ1) is 8.22. The van der Waals surface area contributed by atoms with Crippen molar-refractivity contribution in [2.45, 2.75) is 24.1 Å². The van der Waals surface area contributed by atoms with Crippen LogP contribution in [0.25, 0.3) is 0 Å². The van der Waals surface area contributed by atoms with E-state index in [1.807, 2.05) is 6.92 Å². The van der Waals surface area contributed by atoms with Crippen LogP contribution < -0.4 is 0 Å². The van der Waals surface area contributed by atoms with Crippen LogP contribution in [0.4, 0.5) is 4.39 Å². The number of halogens is 1. The molecule has 90 valence electrons. The highest BCUT2D eigenvalue weighted by atomic mass is 32.2. The van der Waals surface area contributed by atoms with Gasteiger partial charge in [-0.15, -0.1) is 0 Å². The second-order valence-corrected chi connectivity index (χ2v) is 4.83. The van der Waals surface area contributed by atoms with E-state index in [1.54, 1.807) is 16.8 Å². The molecule has 6 heteroatoms. The van der Waals surface area contributed by atoms with E-state index >= 15 is 0 Å². The van der Waals surface area contributed by atoms with Gasteiger partial charge in [0, 0.05) is 6.54 Å². The number of hydrogen-bond acceptors (Lipinski definition) is 3. The molecule has 0 radical (unpaired) electrons. The second-order valence-electron chi connectivity index (χ2n) is 3.41. The summed E-state index contributed by atoms with van der Waals surface area (Å²) in [6.45, 7) is 2.58. The van der Waals surface area contributed by atoms with Gasteiger partial charge in [0.25, 0.3) is 0 Å². The van der Waals surface area contributed by atoms with Gasteiger partial charge in [-0.1, -0.05) is 12.1 Å². The first-order valence-corrected chi connectivity index (χ1v) is 6.54. The molecule has 0 fully saturated rings. The zero-order chi connectivity index (χ0) is 12.3. The summed E-state index contributed by atoms with van der Waals surface area (Å²) in [4.78, 5) is 4.23. The lowest BCUT2D eigenvalue weighted by Crippen LogP contribution is -2.07. The molecule has 0 amide bonds. The fourth-order valence-corrected chi connectivity index (χ4v) is 2.62. The van der Waals surface area contributed by atoms with Gasteiger partial charge in [-0.2, -0.15) is 5.10 Å². The smallest absolute Gasteiger partial charge is 0.139 e. The highest BCUT2D eigenvalue weighted by molar-refractivity contribution is 7.84. The Bertz CT molecular complexity index is 541. The molecule has 1 unspecified atom stereocenters. The van der Waals surface area contributed by atoms with Gasteiger partial charge in [-0.3, -0.25) is 4.21 Å². The van der Waals surface area contributed by atoms with Gasteiger partial charge in [0.2, 0.25) is 0 Å². The molecule has 0 N–H and O–H groups in total. The first kappa shape index (κ1) is 11.9. The zero-order valence-electron chi connectivity index (χ0n) is 9.34. The average Bonchev–Trinajstić information content (AvgIpc) is 2.76. The third-order valence-corrected chi connectivity index (χ3v) is 3.68. The van der Waals surface area contributed by atoms with E-state index in [0.717, 1.165) is 0 Å². The molecule has 17 heavy (non-hydrogen) atoms. The minimum atomic E-state index is -1.43. The van der Waals surface area contributed by atoms with Gasteiger partial charge in [0.1, 0.15) is 18.0 Å². The van der Waals surface area contributed by atoms with Gasteiger partial charge in [-0.25, -0.2) is 14.1 Å². The molecule has 0 aliphatic rings. The Morgan fingerprint density at radius 1 is 1.41 bits per heavy atom. The Hall–Kier alpha value is -1.56.